The van der Waals surface area contributed by atoms with Crippen molar-refractivity contribution in [3.63, 3.8) is 0 Å². The van der Waals surface area contributed by atoms with Crippen LogP contribution in [0.15, 0.2) is 6.07 Å². The van der Waals surface area contributed by atoms with Crippen LogP contribution < -0.4 is 0 Å². The summed E-state index contributed by atoms with van der Waals surface area (Å²) in [5.41, 5.74) is 1.55. The van der Waals surface area contributed by atoms with Gasteiger partial charge in [0.15, 0.2) is 0 Å². The molecule has 1 aromatic rings. The molecule has 0 fully saturated rings. The highest BCUT2D eigenvalue weighted by atomic mass is 19.4. The Hall–Kier alpha value is -1.46. The molecule has 1 N–H and O–H groups in total. The highest BCUT2D eigenvalue weighted by Crippen LogP contribution is 2.40. The average molecular weight is 247 g/mol. The minimum Gasteiger partial charge on any atom is -0.464 e. The molecule has 1 unspecified atom stereocenters. The Balaban J connectivity index is 2.20. The van der Waals surface area contributed by atoms with E-state index in [2.05, 4.69) is 9.72 Å². The molecular formula is C11H12F3NO2. The van der Waals surface area contributed by atoms with Crippen LogP contribution in [-0.4, -0.2) is 24.2 Å². The van der Waals surface area contributed by atoms with E-state index in [1.165, 1.54) is 13.2 Å². The summed E-state index contributed by atoms with van der Waals surface area (Å²) >= 11 is 0. The first-order valence-electron chi connectivity index (χ1n) is 5.27. The van der Waals surface area contributed by atoms with Crippen LogP contribution in [0.2, 0.25) is 0 Å². The number of hydrogen-bond acceptors (Lipinski definition) is 2. The third-order valence-electron chi connectivity index (χ3n) is 3.00. The van der Waals surface area contributed by atoms with E-state index in [1.807, 2.05) is 0 Å². The van der Waals surface area contributed by atoms with Crippen molar-refractivity contribution in [3.05, 3.63) is 23.0 Å². The SMILES string of the molecule is COC(=O)c1cc2c([nH]1)CCC2CC(F)(F)F. The summed E-state index contributed by atoms with van der Waals surface area (Å²) in [4.78, 5) is 14.1. The molecule has 0 saturated carbocycles. The van der Waals surface area contributed by atoms with Crippen LogP contribution in [0, 0.1) is 0 Å². The van der Waals surface area contributed by atoms with Gasteiger partial charge in [-0.1, -0.05) is 0 Å². The van der Waals surface area contributed by atoms with Crippen molar-refractivity contribution >= 4 is 5.97 Å². The van der Waals surface area contributed by atoms with E-state index in [0.717, 1.165) is 5.69 Å². The summed E-state index contributed by atoms with van der Waals surface area (Å²) in [6.45, 7) is 0. The number of alkyl halides is 3. The second-order valence-corrected chi connectivity index (χ2v) is 4.16. The molecule has 17 heavy (non-hydrogen) atoms. The van der Waals surface area contributed by atoms with Gasteiger partial charge in [-0.2, -0.15) is 13.2 Å². The van der Waals surface area contributed by atoms with Gasteiger partial charge in [0.25, 0.3) is 0 Å². The number of aromatic amines is 1. The number of carbonyl (C=O) groups is 1. The summed E-state index contributed by atoms with van der Waals surface area (Å²) < 4.78 is 41.5. The molecule has 1 aliphatic carbocycles. The van der Waals surface area contributed by atoms with Crippen molar-refractivity contribution in [2.45, 2.75) is 31.4 Å². The molecule has 1 atom stereocenters. The van der Waals surface area contributed by atoms with Crippen molar-refractivity contribution in [1.82, 2.24) is 4.98 Å². The van der Waals surface area contributed by atoms with Crippen LogP contribution in [0.3, 0.4) is 0 Å². The molecule has 1 aromatic heterocycles. The fraction of sp³-hybridized carbons (Fsp3) is 0.545. The minimum atomic E-state index is -4.17. The van der Waals surface area contributed by atoms with Gasteiger partial charge in [0.05, 0.1) is 13.5 Å². The van der Waals surface area contributed by atoms with E-state index < -0.39 is 24.5 Å². The number of hydrogen-bond donors (Lipinski definition) is 1. The maximum absolute atomic E-state index is 12.3. The molecule has 6 heteroatoms. The highest BCUT2D eigenvalue weighted by molar-refractivity contribution is 5.87. The zero-order valence-electron chi connectivity index (χ0n) is 9.23. The molecule has 1 aliphatic rings. The largest absolute Gasteiger partial charge is 0.464 e. The summed E-state index contributed by atoms with van der Waals surface area (Å²) in [6, 6.07) is 1.48. The number of esters is 1. The second kappa shape index (κ2) is 4.09. The summed E-state index contributed by atoms with van der Waals surface area (Å²) in [5, 5.41) is 0. The Labute approximate surface area is 96.0 Å². The quantitative estimate of drug-likeness (QED) is 0.816. The van der Waals surface area contributed by atoms with Crippen LogP contribution >= 0.6 is 0 Å². The van der Waals surface area contributed by atoms with Gasteiger partial charge in [-0.25, -0.2) is 4.79 Å². The highest BCUT2D eigenvalue weighted by Gasteiger charge is 2.36. The normalized spacial score (nSPS) is 19.2. The van der Waals surface area contributed by atoms with Crippen molar-refractivity contribution in [3.8, 4) is 0 Å². The van der Waals surface area contributed by atoms with Crippen molar-refractivity contribution in [1.29, 1.82) is 0 Å². The van der Waals surface area contributed by atoms with E-state index in [0.29, 0.717) is 18.4 Å². The number of halogens is 3. The fourth-order valence-corrected chi connectivity index (χ4v) is 2.27. The topological polar surface area (TPSA) is 42.1 Å². The Morgan fingerprint density at radius 1 is 1.59 bits per heavy atom. The molecule has 0 aromatic carbocycles. The third-order valence-corrected chi connectivity index (χ3v) is 3.00. The monoisotopic (exact) mass is 247 g/mol. The number of ether oxygens (including phenoxy) is 1. The van der Waals surface area contributed by atoms with Crippen LogP contribution in [0.4, 0.5) is 13.2 Å². The van der Waals surface area contributed by atoms with Gasteiger partial charge >= 0.3 is 12.1 Å². The average Bonchev–Trinajstić information content (AvgIpc) is 2.77. The van der Waals surface area contributed by atoms with Crippen molar-refractivity contribution < 1.29 is 22.7 Å². The second-order valence-electron chi connectivity index (χ2n) is 4.16. The Morgan fingerprint density at radius 2 is 2.29 bits per heavy atom. The summed E-state index contributed by atoms with van der Waals surface area (Å²) in [5.74, 6) is -1.09. The minimum absolute atomic E-state index is 0.226. The third kappa shape index (κ3) is 2.45. The lowest BCUT2D eigenvalue weighted by Gasteiger charge is -2.12. The van der Waals surface area contributed by atoms with E-state index in [-0.39, 0.29) is 5.69 Å². The number of carbonyl (C=O) groups excluding carboxylic acids is 1. The number of nitrogens with one attached hydrogen (secondary N) is 1. The standard InChI is InChI=1S/C11H12F3NO2/c1-17-10(16)9-4-7-6(5-11(12,13)14)2-3-8(7)15-9/h4,6,15H,2-3,5H2,1H3. The van der Waals surface area contributed by atoms with Crippen molar-refractivity contribution in [2.75, 3.05) is 7.11 Å². The van der Waals surface area contributed by atoms with Gasteiger partial charge in [-0.05, 0) is 30.4 Å². The number of aromatic nitrogens is 1. The molecule has 0 saturated heterocycles. The molecule has 3 nitrogen and oxygen atoms in total. The van der Waals surface area contributed by atoms with Gasteiger partial charge in [0, 0.05) is 5.69 Å². The molecule has 0 aliphatic heterocycles. The lowest BCUT2D eigenvalue weighted by molar-refractivity contribution is -0.138. The van der Waals surface area contributed by atoms with Gasteiger partial charge in [-0.15, -0.1) is 0 Å². The number of aryl methyl sites for hydroxylation is 1. The van der Waals surface area contributed by atoms with Crippen molar-refractivity contribution in [2.24, 2.45) is 0 Å². The van der Waals surface area contributed by atoms with Crippen LogP contribution in [0.25, 0.3) is 0 Å². The van der Waals surface area contributed by atoms with Gasteiger partial charge in [0.2, 0.25) is 0 Å². The molecular weight excluding hydrogens is 235 g/mol. The molecule has 0 radical (unpaired) electrons. The van der Waals surface area contributed by atoms with Gasteiger partial charge < -0.3 is 9.72 Å². The molecule has 0 amide bonds. The zero-order valence-corrected chi connectivity index (χ0v) is 9.23. The molecule has 0 bridgehead atoms. The predicted molar refractivity (Wildman–Crippen MR) is 53.9 cm³/mol. The van der Waals surface area contributed by atoms with Gasteiger partial charge in [-0.3, -0.25) is 0 Å². The Bertz CT molecular complexity index is 436. The van der Waals surface area contributed by atoms with Gasteiger partial charge in [0.1, 0.15) is 5.69 Å². The van der Waals surface area contributed by atoms with Crippen LogP contribution in [0.1, 0.15) is 40.5 Å². The first-order valence-corrected chi connectivity index (χ1v) is 5.27. The molecule has 94 valence electrons. The maximum atomic E-state index is 12.3. The smallest absolute Gasteiger partial charge is 0.389 e. The van der Waals surface area contributed by atoms with Crippen LogP contribution in [-0.2, 0) is 11.2 Å². The fourth-order valence-electron chi connectivity index (χ4n) is 2.27. The molecule has 0 spiro atoms. The van der Waals surface area contributed by atoms with E-state index >= 15 is 0 Å². The summed E-state index contributed by atoms with van der Waals surface area (Å²) in [7, 11) is 1.24. The molecule has 1 heterocycles. The lowest BCUT2D eigenvalue weighted by Crippen LogP contribution is -2.12. The number of H-pyrrole nitrogens is 1. The Kier molecular flexibility index (Phi) is 2.89. The predicted octanol–water partition coefficient (Wildman–Crippen LogP) is 2.78. The first-order chi connectivity index (χ1) is 7.90. The number of rotatable bonds is 2. The first kappa shape index (κ1) is 12.0. The number of fused-ring (bicyclic) bond motifs is 1. The maximum Gasteiger partial charge on any atom is 0.389 e. The van der Waals surface area contributed by atoms with E-state index in [4.69, 9.17) is 0 Å². The van der Waals surface area contributed by atoms with Crippen LogP contribution in [0.5, 0.6) is 0 Å². The lowest BCUT2D eigenvalue weighted by atomic mass is 9.99. The Morgan fingerprint density at radius 3 is 2.88 bits per heavy atom. The zero-order chi connectivity index (χ0) is 12.6. The molecule has 2 rings (SSSR count). The number of methoxy groups -OCH3 is 1. The van der Waals surface area contributed by atoms with E-state index in [1.54, 1.807) is 0 Å². The van der Waals surface area contributed by atoms with E-state index in [9.17, 15) is 18.0 Å². The summed E-state index contributed by atoms with van der Waals surface area (Å²) in [6.07, 6.45) is -3.98.